The molecule has 3 heterocycles. The van der Waals surface area contributed by atoms with E-state index in [2.05, 4.69) is 15.4 Å². The number of carbonyl (C=O) groups excluding carboxylic acids is 1. The Morgan fingerprint density at radius 1 is 1.34 bits per heavy atom. The van der Waals surface area contributed by atoms with Gasteiger partial charge in [-0.2, -0.15) is 5.10 Å². The Hall–Kier alpha value is -3.07. The topological polar surface area (TPSA) is 82.8 Å². The van der Waals surface area contributed by atoms with Crippen molar-refractivity contribution in [3.8, 4) is 0 Å². The van der Waals surface area contributed by atoms with Crippen molar-refractivity contribution >= 4 is 17.4 Å². The largest absolute Gasteiger partial charge is 0.393 e. The van der Waals surface area contributed by atoms with E-state index in [1.165, 1.54) is 16.8 Å². The van der Waals surface area contributed by atoms with Gasteiger partial charge < -0.3 is 15.3 Å². The fourth-order valence-electron chi connectivity index (χ4n) is 4.32. The van der Waals surface area contributed by atoms with Gasteiger partial charge in [-0.15, -0.1) is 0 Å². The zero-order chi connectivity index (χ0) is 22.8. The number of aromatic nitrogens is 3. The SMILES string of the molecule is CCC(CC(C)O)NC(=O)c1cnn2ccc(N3CCCC3c3cc(F)ccc3F)nc12. The van der Waals surface area contributed by atoms with Gasteiger partial charge >= 0.3 is 0 Å². The number of carbonyl (C=O) groups is 1. The Balaban J connectivity index is 1.63. The molecule has 3 atom stereocenters. The number of fused-ring (bicyclic) bond motifs is 1. The molecule has 0 saturated carbocycles. The van der Waals surface area contributed by atoms with Gasteiger partial charge in [0.2, 0.25) is 0 Å². The molecule has 32 heavy (non-hydrogen) atoms. The van der Waals surface area contributed by atoms with Crippen LogP contribution in [0, 0.1) is 11.6 Å². The summed E-state index contributed by atoms with van der Waals surface area (Å²) in [5, 5.41) is 16.8. The summed E-state index contributed by atoms with van der Waals surface area (Å²) >= 11 is 0. The summed E-state index contributed by atoms with van der Waals surface area (Å²) in [5.41, 5.74) is 1.01. The molecule has 2 N–H and O–H groups in total. The van der Waals surface area contributed by atoms with Crippen LogP contribution in [0.3, 0.4) is 0 Å². The molecular formula is C23H27F2N5O2. The monoisotopic (exact) mass is 443 g/mol. The third kappa shape index (κ3) is 4.43. The first kappa shape index (κ1) is 22.1. The van der Waals surface area contributed by atoms with Gasteiger partial charge in [-0.05, 0) is 56.9 Å². The van der Waals surface area contributed by atoms with Crippen LogP contribution >= 0.6 is 0 Å². The molecular weight excluding hydrogens is 416 g/mol. The number of nitrogens with zero attached hydrogens (tertiary/aromatic N) is 4. The highest BCUT2D eigenvalue weighted by atomic mass is 19.1. The van der Waals surface area contributed by atoms with Crippen LogP contribution in [0.25, 0.3) is 5.65 Å². The molecule has 1 aliphatic rings. The maximum absolute atomic E-state index is 14.4. The standard InChI is InChI=1S/C23H27F2N5O2/c1-3-16(11-14(2)31)27-23(32)18-13-26-30-10-8-21(28-22(18)30)29-9-4-5-20(29)17-12-15(24)6-7-19(17)25/h6-8,10,12-14,16,20,31H,3-5,9,11H2,1-2H3,(H,27,32). The van der Waals surface area contributed by atoms with E-state index in [0.29, 0.717) is 48.4 Å². The molecule has 1 saturated heterocycles. The lowest BCUT2D eigenvalue weighted by molar-refractivity contribution is 0.0917. The molecule has 1 aliphatic heterocycles. The van der Waals surface area contributed by atoms with Crippen LogP contribution in [0.5, 0.6) is 0 Å². The molecule has 0 bridgehead atoms. The molecule has 0 aliphatic carbocycles. The number of aliphatic hydroxyl groups is 1. The summed E-state index contributed by atoms with van der Waals surface area (Å²) in [6.45, 7) is 4.27. The number of amides is 1. The van der Waals surface area contributed by atoms with E-state index in [-0.39, 0.29) is 18.0 Å². The first-order valence-corrected chi connectivity index (χ1v) is 10.9. The van der Waals surface area contributed by atoms with E-state index < -0.39 is 17.7 Å². The number of benzene rings is 1. The van der Waals surface area contributed by atoms with Crippen molar-refractivity contribution in [2.45, 2.75) is 57.7 Å². The van der Waals surface area contributed by atoms with E-state index >= 15 is 0 Å². The van der Waals surface area contributed by atoms with Crippen molar-refractivity contribution in [3.63, 3.8) is 0 Å². The second-order valence-corrected chi connectivity index (χ2v) is 8.29. The van der Waals surface area contributed by atoms with Gasteiger partial charge in [0.05, 0.1) is 18.3 Å². The van der Waals surface area contributed by atoms with E-state index in [1.54, 1.807) is 19.2 Å². The van der Waals surface area contributed by atoms with Crippen molar-refractivity contribution in [2.24, 2.45) is 0 Å². The highest BCUT2D eigenvalue weighted by Gasteiger charge is 2.30. The van der Waals surface area contributed by atoms with Gasteiger partial charge in [0.15, 0.2) is 5.65 Å². The predicted octanol–water partition coefficient (Wildman–Crippen LogP) is 3.63. The number of hydrogen-bond donors (Lipinski definition) is 2. The Morgan fingerprint density at radius 3 is 2.91 bits per heavy atom. The minimum atomic E-state index is -0.524. The molecule has 3 aromatic rings. The summed E-state index contributed by atoms with van der Waals surface area (Å²) in [4.78, 5) is 19.5. The minimum absolute atomic E-state index is 0.167. The van der Waals surface area contributed by atoms with Crippen LogP contribution < -0.4 is 10.2 Å². The normalized spacial score (nSPS) is 18.2. The van der Waals surface area contributed by atoms with E-state index in [0.717, 1.165) is 18.6 Å². The smallest absolute Gasteiger partial charge is 0.256 e. The summed E-state index contributed by atoms with van der Waals surface area (Å²) in [6, 6.07) is 4.76. The fraction of sp³-hybridized carbons (Fsp3) is 0.435. The lowest BCUT2D eigenvalue weighted by Gasteiger charge is -2.26. The Morgan fingerprint density at radius 2 is 2.16 bits per heavy atom. The molecule has 7 nitrogen and oxygen atoms in total. The van der Waals surface area contributed by atoms with E-state index in [4.69, 9.17) is 0 Å². The molecule has 1 amide bonds. The maximum atomic E-state index is 14.4. The van der Waals surface area contributed by atoms with Crippen LogP contribution in [0.1, 0.15) is 61.5 Å². The predicted molar refractivity (Wildman–Crippen MR) is 117 cm³/mol. The van der Waals surface area contributed by atoms with Crippen molar-refractivity contribution in [2.75, 3.05) is 11.4 Å². The fourth-order valence-corrected chi connectivity index (χ4v) is 4.32. The summed E-state index contributed by atoms with van der Waals surface area (Å²) < 4.78 is 29.7. The minimum Gasteiger partial charge on any atom is -0.393 e. The third-order valence-electron chi connectivity index (χ3n) is 5.92. The number of hydrogen-bond acceptors (Lipinski definition) is 5. The second kappa shape index (κ2) is 9.20. The average molecular weight is 443 g/mol. The van der Waals surface area contributed by atoms with Crippen LogP contribution in [-0.4, -0.2) is 44.3 Å². The lowest BCUT2D eigenvalue weighted by Crippen LogP contribution is -2.36. The maximum Gasteiger partial charge on any atom is 0.256 e. The lowest BCUT2D eigenvalue weighted by atomic mass is 10.0. The molecule has 9 heteroatoms. The van der Waals surface area contributed by atoms with Gasteiger partial charge in [-0.1, -0.05) is 6.92 Å². The first-order valence-electron chi connectivity index (χ1n) is 10.9. The Bertz CT molecular complexity index is 1120. The summed E-state index contributed by atoms with van der Waals surface area (Å²) in [6.07, 6.45) is 5.28. The number of halogens is 2. The molecule has 0 spiro atoms. The Labute approximate surface area is 185 Å². The molecule has 2 aromatic heterocycles. The van der Waals surface area contributed by atoms with Gasteiger partial charge in [-0.25, -0.2) is 18.3 Å². The van der Waals surface area contributed by atoms with Crippen LogP contribution in [0.2, 0.25) is 0 Å². The molecule has 4 rings (SSSR count). The first-order chi connectivity index (χ1) is 15.4. The van der Waals surface area contributed by atoms with Gasteiger partial charge in [0, 0.05) is 24.3 Å². The second-order valence-electron chi connectivity index (χ2n) is 8.29. The zero-order valence-corrected chi connectivity index (χ0v) is 18.1. The Kier molecular flexibility index (Phi) is 6.36. The average Bonchev–Trinajstić information content (AvgIpc) is 3.41. The molecule has 0 radical (unpaired) electrons. The third-order valence-corrected chi connectivity index (χ3v) is 5.92. The van der Waals surface area contributed by atoms with E-state index in [9.17, 15) is 18.7 Å². The van der Waals surface area contributed by atoms with Crippen molar-refractivity contribution in [1.82, 2.24) is 19.9 Å². The highest BCUT2D eigenvalue weighted by Crippen LogP contribution is 2.36. The summed E-state index contributed by atoms with van der Waals surface area (Å²) in [7, 11) is 0. The highest BCUT2D eigenvalue weighted by molar-refractivity contribution is 5.99. The van der Waals surface area contributed by atoms with Crippen molar-refractivity contribution < 1.29 is 18.7 Å². The molecule has 3 unspecified atom stereocenters. The molecule has 1 fully saturated rings. The van der Waals surface area contributed by atoms with E-state index in [1.807, 2.05) is 11.8 Å². The zero-order valence-electron chi connectivity index (χ0n) is 18.1. The van der Waals surface area contributed by atoms with Crippen molar-refractivity contribution in [1.29, 1.82) is 0 Å². The van der Waals surface area contributed by atoms with Crippen LogP contribution in [0.4, 0.5) is 14.6 Å². The van der Waals surface area contributed by atoms with Gasteiger partial charge in [0.1, 0.15) is 23.0 Å². The molecule has 1 aromatic carbocycles. The van der Waals surface area contributed by atoms with Gasteiger partial charge in [0.25, 0.3) is 5.91 Å². The quantitative estimate of drug-likeness (QED) is 0.583. The van der Waals surface area contributed by atoms with Gasteiger partial charge in [-0.3, -0.25) is 4.79 Å². The van der Waals surface area contributed by atoms with Crippen LogP contribution in [0.15, 0.2) is 36.7 Å². The number of aliphatic hydroxyl groups excluding tert-OH is 1. The molecule has 170 valence electrons. The number of anilines is 1. The van der Waals surface area contributed by atoms with Crippen molar-refractivity contribution in [3.05, 3.63) is 59.4 Å². The van der Waals surface area contributed by atoms with Crippen LogP contribution in [-0.2, 0) is 0 Å². The summed E-state index contributed by atoms with van der Waals surface area (Å²) in [5.74, 6) is -0.660. The number of rotatable bonds is 7. The number of nitrogens with one attached hydrogen (secondary N) is 1.